The van der Waals surface area contributed by atoms with E-state index in [2.05, 4.69) is 10.2 Å². The van der Waals surface area contributed by atoms with Crippen LogP contribution in [0.4, 0.5) is 0 Å². The molecule has 2 N–H and O–H groups in total. The first-order valence-electron chi connectivity index (χ1n) is 4.32. The number of aryl methyl sites for hydroxylation is 2. The van der Waals surface area contributed by atoms with E-state index in [1.165, 1.54) is 0 Å². The maximum atomic E-state index is 10.9. The number of aromatic nitrogens is 2. The van der Waals surface area contributed by atoms with Crippen LogP contribution < -0.4 is 0 Å². The van der Waals surface area contributed by atoms with Crippen LogP contribution in [0.3, 0.4) is 0 Å². The number of aliphatic carboxylic acids is 1. The van der Waals surface area contributed by atoms with Gasteiger partial charge in [0, 0.05) is 11.3 Å². The second-order valence-corrected chi connectivity index (χ2v) is 3.15. The Kier molecular flexibility index (Phi) is 2.70. The van der Waals surface area contributed by atoms with Crippen molar-refractivity contribution in [1.82, 2.24) is 10.2 Å². The quantitative estimate of drug-likeness (QED) is 0.746. The van der Waals surface area contributed by atoms with E-state index >= 15 is 0 Å². The molecule has 0 saturated heterocycles. The second-order valence-electron chi connectivity index (χ2n) is 3.15. The van der Waals surface area contributed by atoms with Gasteiger partial charge in [-0.15, -0.1) is 0 Å². The van der Waals surface area contributed by atoms with Crippen LogP contribution in [0, 0.1) is 13.8 Å². The molecule has 0 aromatic carbocycles. The monoisotopic (exact) mass is 182 g/mol. The third-order valence-electron chi connectivity index (χ3n) is 2.24. The number of H-pyrrole nitrogens is 1. The van der Waals surface area contributed by atoms with Gasteiger partial charge in [-0.2, -0.15) is 5.10 Å². The first-order valence-corrected chi connectivity index (χ1v) is 4.32. The van der Waals surface area contributed by atoms with Crippen LogP contribution in [0.2, 0.25) is 0 Å². The Labute approximate surface area is 77.0 Å². The summed E-state index contributed by atoms with van der Waals surface area (Å²) in [5.74, 6) is -1.21. The Hall–Kier alpha value is -1.32. The van der Waals surface area contributed by atoms with Gasteiger partial charge in [-0.25, -0.2) is 0 Å². The third-order valence-corrected chi connectivity index (χ3v) is 2.24. The Bertz CT molecular complexity index is 298. The molecule has 0 saturated carbocycles. The standard InChI is InChI=1S/C9H14N2O2/c1-4-7(9(12)13)8-5(2)10-11-6(8)3/h7H,4H2,1-3H3,(H,10,11)(H,12,13). The Morgan fingerprint density at radius 3 is 2.54 bits per heavy atom. The van der Waals surface area contributed by atoms with E-state index in [1.54, 1.807) is 0 Å². The number of carboxylic acid groups (broad SMARTS) is 1. The summed E-state index contributed by atoms with van der Waals surface area (Å²) in [5.41, 5.74) is 2.47. The van der Waals surface area contributed by atoms with Crippen LogP contribution in [-0.4, -0.2) is 21.3 Å². The summed E-state index contributed by atoms with van der Waals surface area (Å²) in [7, 11) is 0. The van der Waals surface area contributed by atoms with Gasteiger partial charge in [0.2, 0.25) is 0 Å². The van der Waals surface area contributed by atoms with E-state index in [9.17, 15) is 4.79 Å². The predicted octanol–water partition coefficient (Wildman–Crippen LogP) is 1.60. The van der Waals surface area contributed by atoms with Gasteiger partial charge in [-0.1, -0.05) is 6.92 Å². The van der Waals surface area contributed by atoms with Crippen molar-refractivity contribution >= 4 is 5.97 Å². The van der Waals surface area contributed by atoms with E-state index in [0.717, 1.165) is 17.0 Å². The average Bonchev–Trinajstić information content (AvgIpc) is 2.36. The van der Waals surface area contributed by atoms with Gasteiger partial charge in [0.05, 0.1) is 11.6 Å². The molecule has 0 radical (unpaired) electrons. The van der Waals surface area contributed by atoms with Crippen molar-refractivity contribution in [3.8, 4) is 0 Å². The summed E-state index contributed by atoms with van der Waals surface area (Å²) in [6, 6.07) is 0. The SMILES string of the molecule is CCC(C(=O)O)c1c(C)n[nH]c1C. The van der Waals surface area contributed by atoms with E-state index < -0.39 is 11.9 Å². The van der Waals surface area contributed by atoms with Crippen molar-refractivity contribution in [2.75, 3.05) is 0 Å². The lowest BCUT2D eigenvalue weighted by Gasteiger charge is -2.09. The van der Waals surface area contributed by atoms with Crippen LogP contribution in [0.25, 0.3) is 0 Å². The highest BCUT2D eigenvalue weighted by molar-refractivity contribution is 5.76. The number of carboxylic acids is 1. The molecule has 72 valence electrons. The number of hydrogen-bond acceptors (Lipinski definition) is 2. The molecule has 4 heteroatoms. The molecule has 1 aromatic rings. The molecule has 4 nitrogen and oxygen atoms in total. The average molecular weight is 182 g/mol. The fraction of sp³-hybridized carbons (Fsp3) is 0.556. The van der Waals surface area contributed by atoms with Gasteiger partial charge in [0.1, 0.15) is 0 Å². The summed E-state index contributed by atoms with van der Waals surface area (Å²) < 4.78 is 0. The highest BCUT2D eigenvalue weighted by Crippen LogP contribution is 2.24. The lowest BCUT2D eigenvalue weighted by atomic mass is 9.95. The van der Waals surface area contributed by atoms with E-state index in [-0.39, 0.29) is 0 Å². The highest BCUT2D eigenvalue weighted by atomic mass is 16.4. The zero-order chi connectivity index (χ0) is 10.0. The van der Waals surface area contributed by atoms with E-state index in [4.69, 9.17) is 5.11 Å². The molecule has 0 aliphatic heterocycles. The number of carbonyl (C=O) groups is 1. The molecule has 0 aliphatic rings. The molecule has 0 fully saturated rings. The molecular formula is C9H14N2O2. The summed E-state index contributed by atoms with van der Waals surface area (Å²) >= 11 is 0. The summed E-state index contributed by atoms with van der Waals surface area (Å²) in [6.45, 7) is 5.54. The van der Waals surface area contributed by atoms with Gasteiger partial charge in [0.25, 0.3) is 0 Å². The Morgan fingerprint density at radius 2 is 2.23 bits per heavy atom. The molecule has 0 bridgehead atoms. The van der Waals surface area contributed by atoms with Crippen molar-refractivity contribution in [3.05, 3.63) is 17.0 Å². The minimum absolute atomic E-state index is 0.432. The summed E-state index contributed by atoms with van der Waals surface area (Å²) in [4.78, 5) is 10.9. The molecule has 1 unspecified atom stereocenters. The molecule has 1 heterocycles. The van der Waals surface area contributed by atoms with Crippen molar-refractivity contribution in [2.45, 2.75) is 33.1 Å². The molecule has 0 aliphatic carbocycles. The summed E-state index contributed by atoms with van der Waals surface area (Å²) in [6.07, 6.45) is 0.594. The lowest BCUT2D eigenvalue weighted by Crippen LogP contribution is -2.12. The van der Waals surface area contributed by atoms with Crippen LogP contribution >= 0.6 is 0 Å². The number of nitrogens with one attached hydrogen (secondary N) is 1. The zero-order valence-electron chi connectivity index (χ0n) is 8.09. The maximum Gasteiger partial charge on any atom is 0.311 e. The van der Waals surface area contributed by atoms with Crippen molar-refractivity contribution in [2.24, 2.45) is 0 Å². The van der Waals surface area contributed by atoms with Crippen LogP contribution in [0.5, 0.6) is 0 Å². The minimum atomic E-state index is -0.782. The maximum absolute atomic E-state index is 10.9. The van der Waals surface area contributed by atoms with Crippen LogP contribution in [0.1, 0.15) is 36.2 Å². The van der Waals surface area contributed by atoms with Crippen molar-refractivity contribution in [3.63, 3.8) is 0 Å². The summed E-state index contributed by atoms with van der Waals surface area (Å²) in [5, 5.41) is 15.7. The smallest absolute Gasteiger partial charge is 0.311 e. The van der Waals surface area contributed by atoms with Crippen LogP contribution in [0.15, 0.2) is 0 Å². The van der Waals surface area contributed by atoms with E-state index in [0.29, 0.717) is 6.42 Å². The molecule has 0 amide bonds. The van der Waals surface area contributed by atoms with Gasteiger partial charge >= 0.3 is 5.97 Å². The number of hydrogen-bond donors (Lipinski definition) is 2. The van der Waals surface area contributed by atoms with Crippen molar-refractivity contribution in [1.29, 1.82) is 0 Å². The predicted molar refractivity (Wildman–Crippen MR) is 48.7 cm³/mol. The fourth-order valence-corrected chi connectivity index (χ4v) is 1.58. The molecule has 1 atom stereocenters. The first-order chi connectivity index (χ1) is 6.07. The molecule has 13 heavy (non-hydrogen) atoms. The highest BCUT2D eigenvalue weighted by Gasteiger charge is 2.23. The minimum Gasteiger partial charge on any atom is -0.481 e. The Balaban J connectivity index is 3.10. The van der Waals surface area contributed by atoms with Gasteiger partial charge in [-0.05, 0) is 20.3 Å². The first kappa shape index (κ1) is 9.77. The normalized spacial score (nSPS) is 12.8. The van der Waals surface area contributed by atoms with E-state index in [1.807, 2.05) is 20.8 Å². The second kappa shape index (κ2) is 3.60. The van der Waals surface area contributed by atoms with Crippen LogP contribution in [-0.2, 0) is 4.79 Å². The molecule has 0 spiro atoms. The largest absolute Gasteiger partial charge is 0.481 e. The lowest BCUT2D eigenvalue weighted by molar-refractivity contribution is -0.138. The molecule has 1 aromatic heterocycles. The van der Waals surface area contributed by atoms with Gasteiger partial charge in [-0.3, -0.25) is 9.89 Å². The number of aromatic amines is 1. The van der Waals surface area contributed by atoms with Crippen molar-refractivity contribution < 1.29 is 9.90 Å². The zero-order valence-corrected chi connectivity index (χ0v) is 8.09. The number of rotatable bonds is 3. The number of nitrogens with zero attached hydrogens (tertiary/aromatic N) is 1. The molecular weight excluding hydrogens is 168 g/mol. The molecule has 1 rings (SSSR count). The van der Waals surface area contributed by atoms with Gasteiger partial charge in [0.15, 0.2) is 0 Å². The topological polar surface area (TPSA) is 66.0 Å². The fourth-order valence-electron chi connectivity index (χ4n) is 1.58. The Morgan fingerprint density at radius 1 is 1.62 bits per heavy atom. The third kappa shape index (κ3) is 1.71. The van der Waals surface area contributed by atoms with Gasteiger partial charge < -0.3 is 5.11 Å².